The lowest BCUT2D eigenvalue weighted by Crippen LogP contribution is -2.33. The molecule has 0 aliphatic heterocycles. The van der Waals surface area contributed by atoms with E-state index in [9.17, 15) is 10.2 Å². The van der Waals surface area contributed by atoms with Crippen molar-refractivity contribution in [2.45, 2.75) is 11.7 Å². The quantitative estimate of drug-likeness (QED) is 0.695. The first kappa shape index (κ1) is 19.3. The molecule has 28 heavy (non-hydrogen) atoms. The fourth-order valence-electron chi connectivity index (χ4n) is 2.57. The van der Waals surface area contributed by atoms with Crippen LogP contribution in [0.1, 0.15) is 22.8 Å². The van der Waals surface area contributed by atoms with Gasteiger partial charge < -0.3 is 14.9 Å². The van der Waals surface area contributed by atoms with Gasteiger partial charge in [-0.25, -0.2) is 0 Å². The Kier molecular flexibility index (Phi) is 6.14. The molecule has 0 radical (unpaired) electrons. The van der Waals surface area contributed by atoms with E-state index in [2.05, 4.69) is 23.7 Å². The molecular formula is C25H20O3. The van der Waals surface area contributed by atoms with Crippen LogP contribution in [0.25, 0.3) is 0 Å². The van der Waals surface area contributed by atoms with Crippen molar-refractivity contribution in [1.82, 2.24) is 0 Å². The maximum atomic E-state index is 11.2. The van der Waals surface area contributed by atoms with E-state index in [0.717, 1.165) is 11.1 Å². The number of rotatable bonds is 3. The first-order valence-corrected chi connectivity index (χ1v) is 8.81. The second-order valence-corrected chi connectivity index (χ2v) is 6.17. The second kappa shape index (κ2) is 8.93. The van der Waals surface area contributed by atoms with Crippen molar-refractivity contribution in [2.24, 2.45) is 0 Å². The van der Waals surface area contributed by atoms with Gasteiger partial charge in [0.25, 0.3) is 0 Å². The van der Waals surface area contributed by atoms with Gasteiger partial charge in [0.15, 0.2) is 0 Å². The minimum Gasteiger partial charge on any atom is -0.497 e. The van der Waals surface area contributed by atoms with Crippen LogP contribution in [0.2, 0.25) is 0 Å². The van der Waals surface area contributed by atoms with E-state index in [0.29, 0.717) is 11.3 Å². The molecule has 2 N–H and O–H groups in total. The topological polar surface area (TPSA) is 49.7 Å². The Bertz CT molecular complexity index is 960. The van der Waals surface area contributed by atoms with E-state index >= 15 is 0 Å². The van der Waals surface area contributed by atoms with Crippen LogP contribution in [0.15, 0.2) is 84.9 Å². The summed E-state index contributed by atoms with van der Waals surface area (Å²) in [6, 6.07) is 25.3. The summed E-state index contributed by atoms with van der Waals surface area (Å²) in [7, 11) is 1.57. The van der Waals surface area contributed by atoms with Crippen LogP contribution in [0.3, 0.4) is 0 Å². The average Bonchev–Trinajstić information content (AvgIpc) is 2.77. The fourth-order valence-corrected chi connectivity index (χ4v) is 2.57. The van der Waals surface area contributed by atoms with Crippen molar-refractivity contribution in [1.29, 1.82) is 0 Å². The summed E-state index contributed by atoms with van der Waals surface area (Å²) >= 11 is 0. The zero-order valence-corrected chi connectivity index (χ0v) is 15.5. The normalized spacial score (nSPS) is 11.4. The summed E-state index contributed by atoms with van der Waals surface area (Å²) in [6.45, 7) is 0. The lowest BCUT2D eigenvalue weighted by atomic mass is 9.91. The predicted octanol–water partition coefficient (Wildman–Crippen LogP) is 3.56. The fraction of sp³-hybridized carbons (Fsp3) is 0.120. The van der Waals surface area contributed by atoms with E-state index in [4.69, 9.17) is 4.74 Å². The van der Waals surface area contributed by atoms with Gasteiger partial charge in [0.05, 0.1) is 7.11 Å². The molecule has 0 amide bonds. The van der Waals surface area contributed by atoms with Crippen molar-refractivity contribution in [2.75, 3.05) is 7.11 Å². The second-order valence-electron chi connectivity index (χ2n) is 6.17. The van der Waals surface area contributed by atoms with E-state index in [1.54, 1.807) is 31.4 Å². The summed E-state index contributed by atoms with van der Waals surface area (Å²) in [5, 5.41) is 22.0. The van der Waals surface area contributed by atoms with Crippen molar-refractivity contribution < 1.29 is 14.9 Å². The number of aliphatic hydroxyl groups excluding tert-OH is 1. The maximum Gasteiger partial charge on any atom is 0.218 e. The Balaban J connectivity index is 2.00. The van der Waals surface area contributed by atoms with Crippen LogP contribution in [-0.2, 0) is 0 Å². The minimum absolute atomic E-state index is 0.494. The lowest BCUT2D eigenvalue weighted by molar-refractivity contribution is 0.00696. The molecule has 0 aliphatic carbocycles. The van der Waals surface area contributed by atoms with E-state index in [1.165, 1.54) is 0 Å². The molecule has 1 atom stereocenters. The molecule has 0 aromatic heterocycles. The van der Waals surface area contributed by atoms with Crippen molar-refractivity contribution in [3.63, 3.8) is 0 Å². The monoisotopic (exact) mass is 368 g/mol. The summed E-state index contributed by atoms with van der Waals surface area (Å²) in [5.74, 6) is 12.0. The summed E-state index contributed by atoms with van der Waals surface area (Å²) < 4.78 is 5.15. The van der Waals surface area contributed by atoms with Gasteiger partial charge in [-0.15, -0.1) is 0 Å². The van der Waals surface area contributed by atoms with Crippen LogP contribution in [0.5, 0.6) is 5.75 Å². The highest BCUT2D eigenvalue weighted by molar-refractivity contribution is 5.46. The standard InChI is InChI=1S/C25H20O3/c1-28-23-14-12-22(13-15-23)24(26)25(27,18-16-20-8-4-2-5-9-20)19-17-21-10-6-3-7-11-21/h2-15,24,26-27H,1H3. The lowest BCUT2D eigenvalue weighted by Gasteiger charge is -2.23. The molecule has 3 aromatic rings. The molecule has 0 bridgehead atoms. The van der Waals surface area contributed by atoms with Crippen LogP contribution < -0.4 is 4.74 Å². The molecule has 0 heterocycles. The molecule has 0 aliphatic rings. The number of hydrogen-bond acceptors (Lipinski definition) is 3. The van der Waals surface area contributed by atoms with Gasteiger partial charge in [0.1, 0.15) is 11.9 Å². The molecular weight excluding hydrogens is 348 g/mol. The van der Waals surface area contributed by atoms with E-state index in [-0.39, 0.29) is 0 Å². The van der Waals surface area contributed by atoms with Gasteiger partial charge in [-0.1, -0.05) is 60.4 Å². The third kappa shape index (κ3) is 4.81. The Morgan fingerprint density at radius 3 is 1.64 bits per heavy atom. The first-order valence-electron chi connectivity index (χ1n) is 8.81. The highest BCUT2D eigenvalue weighted by Gasteiger charge is 2.33. The number of ether oxygens (including phenoxy) is 1. The van der Waals surface area contributed by atoms with Gasteiger partial charge in [-0.3, -0.25) is 0 Å². The summed E-state index contributed by atoms with van der Waals surface area (Å²) in [5.41, 5.74) is 0.00190. The van der Waals surface area contributed by atoms with Crippen LogP contribution in [0.4, 0.5) is 0 Å². The first-order chi connectivity index (χ1) is 13.6. The molecule has 3 rings (SSSR count). The van der Waals surface area contributed by atoms with Crippen molar-refractivity contribution in [3.05, 3.63) is 102 Å². The SMILES string of the molecule is COc1ccc(C(O)C(O)(C#Cc2ccccc2)C#Cc2ccccc2)cc1. The molecule has 3 aromatic carbocycles. The number of methoxy groups -OCH3 is 1. The third-order valence-electron chi connectivity index (χ3n) is 4.17. The number of aliphatic hydroxyl groups is 2. The maximum absolute atomic E-state index is 11.2. The Labute approximate surface area is 165 Å². The van der Waals surface area contributed by atoms with E-state index < -0.39 is 11.7 Å². The number of hydrogen-bond donors (Lipinski definition) is 2. The highest BCUT2D eigenvalue weighted by atomic mass is 16.5. The summed E-state index contributed by atoms with van der Waals surface area (Å²) in [6.07, 6.45) is -1.31. The van der Waals surface area contributed by atoms with Gasteiger partial charge >= 0.3 is 0 Å². The van der Waals surface area contributed by atoms with Crippen LogP contribution in [-0.4, -0.2) is 22.9 Å². The molecule has 0 saturated carbocycles. The average molecular weight is 368 g/mol. The predicted molar refractivity (Wildman–Crippen MR) is 110 cm³/mol. The molecule has 0 fully saturated rings. The van der Waals surface area contributed by atoms with E-state index in [1.807, 2.05) is 60.7 Å². The molecule has 3 heteroatoms. The van der Waals surface area contributed by atoms with Gasteiger partial charge in [-0.05, 0) is 53.8 Å². The van der Waals surface area contributed by atoms with Gasteiger partial charge in [-0.2, -0.15) is 0 Å². The zero-order chi connectivity index (χ0) is 19.8. The van der Waals surface area contributed by atoms with Crippen molar-refractivity contribution >= 4 is 0 Å². The zero-order valence-electron chi connectivity index (χ0n) is 15.5. The molecule has 0 spiro atoms. The Morgan fingerprint density at radius 2 is 1.21 bits per heavy atom. The van der Waals surface area contributed by atoms with Crippen LogP contribution in [0, 0.1) is 23.7 Å². The summed E-state index contributed by atoms with van der Waals surface area (Å²) in [4.78, 5) is 0. The third-order valence-corrected chi connectivity index (χ3v) is 4.17. The molecule has 0 saturated heterocycles. The highest BCUT2D eigenvalue weighted by Crippen LogP contribution is 2.27. The van der Waals surface area contributed by atoms with Gasteiger partial charge in [0, 0.05) is 11.1 Å². The number of benzene rings is 3. The molecule has 3 nitrogen and oxygen atoms in total. The van der Waals surface area contributed by atoms with Crippen LogP contribution >= 0.6 is 0 Å². The molecule has 1 unspecified atom stereocenters. The largest absolute Gasteiger partial charge is 0.497 e. The minimum atomic E-state index is -1.94. The molecule has 138 valence electrons. The smallest absolute Gasteiger partial charge is 0.218 e. The Hall–Kier alpha value is -3.50. The van der Waals surface area contributed by atoms with Crippen molar-refractivity contribution in [3.8, 4) is 29.4 Å². The Morgan fingerprint density at radius 1 is 0.750 bits per heavy atom. The van der Waals surface area contributed by atoms with Gasteiger partial charge in [0.2, 0.25) is 5.60 Å².